The highest BCUT2D eigenvalue weighted by molar-refractivity contribution is 6.25. The zero-order chi connectivity index (χ0) is 34.0. The number of benzene rings is 7. The van der Waals surface area contributed by atoms with Gasteiger partial charge in [0.2, 0.25) is 0 Å². The van der Waals surface area contributed by atoms with Crippen molar-refractivity contribution >= 4 is 44.2 Å². The lowest BCUT2D eigenvalue weighted by atomic mass is 9.87. The van der Waals surface area contributed by atoms with E-state index in [1.165, 1.54) is 115 Å². The van der Waals surface area contributed by atoms with Gasteiger partial charge in [0.25, 0.3) is 0 Å². The van der Waals surface area contributed by atoms with Gasteiger partial charge in [0.15, 0.2) is 0 Å². The summed E-state index contributed by atoms with van der Waals surface area (Å²) in [5.74, 6) is 0.431. The fourth-order valence-corrected chi connectivity index (χ4v) is 8.43. The Morgan fingerprint density at radius 1 is 0.431 bits per heavy atom. The Hall–Kier alpha value is -5.53. The van der Waals surface area contributed by atoms with Crippen molar-refractivity contribution in [1.82, 2.24) is 0 Å². The molecule has 2 aliphatic rings. The van der Waals surface area contributed by atoms with Gasteiger partial charge >= 0.3 is 0 Å². The standard InChI is InChI=1S/C50H43N/c1-2-4-6-17-35(16-5-3-1)39-31-40(33-41(32-39)50-26-13-14-29-51-50)36-18-15-19-37(30-36)42-20-7-8-21-43(42)38-27-28-48-46-24-10-9-22-44(46)45-23-11-12-25-47(45)49(48)34-38/h5,7-12,15-16,18-35H,1-4,6,13-14,17H2. The second-order valence-corrected chi connectivity index (χ2v) is 14.3. The first kappa shape index (κ1) is 31.5. The predicted molar refractivity (Wildman–Crippen MR) is 221 cm³/mol. The largest absolute Gasteiger partial charge is 0.261 e. The number of allylic oxidation sites excluding steroid dienone is 3. The minimum absolute atomic E-state index is 0.431. The van der Waals surface area contributed by atoms with Gasteiger partial charge in [0.1, 0.15) is 0 Å². The molecule has 248 valence electrons. The van der Waals surface area contributed by atoms with Crippen molar-refractivity contribution in [2.45, 2.75) is 57.3 Å². The molecule has 1 unspecified atom stereocenters. The summed E-state index contributed by atoms with van der Waals surface area (Å²) < 4.78 is 0. The second-order valence-electron chi connectivity index (χ2n) is 14.3. The van der Waals surface area contributed by atoms with E-state index in [0.29, 0.717) is 5.92 Å². The van der Waals surface area contributed by atoms with Crippen LogP contribution in [0.2, 0.25) is 0 Å². The second kappa shape index (κ2) is 14.0. The third-order valence-electron chi connectivity index (χ3n) is 11.0. The third-order valence-corrected chi connectivity index (χ3v) is 11.0. The molecular weight excluding hydrogens is 615 g/mol. The van der Waals surface area contributed by atoms with E-state index in [-0.39, 0.29) is 0 Å². The van der Waals surface area contributed by atoms with Crippen LogP contribution in [0.1, 0.15) is 68.4 Å². The van der Waals surface area contributed by atoms with Crippen LogP contribution in [0, 0.1) is 0 Å². The Bertz CT molecular complexity index is 2460. The minimum Gasteiger partial charge on any atom is -0.261 e. The Labute approximate surface area is 301 Å². The molecule has 0 aromatic heterocycles. The number of hydrogen-bond donors (Lipinski definition) is 0. The van der Waals surface area contributed by atoms with E-state index in [9.17, 15) is 0 Å². The number of hydrogen-bond acceptors (Lipinski definition) is 1. The number of rotatable bonds is 5. The molecule has 0 saturated heterocycles. The summed E-state index contributed by atoms with van der Waals surface area (Å²) in [5.41, 5.74) is 11.2. The van der Waals surface area contributed by atoms with Crippen LogP contribution in [0.4, 0.5) is 0 Å². The van der Waals surface area contributed by atoms with Gasteiger partial charge in [0.05, 0.1) is 5.70 Å². The van der Waals surface area contributed by atoms with Gasteiger partial charge < -0.3 is 0 Å². The van der Waals surface area contributed by atoms with Crippen LogP contribution in [0.3, 0.4) is 0 Å². The van der Waals surface area contributed by atoms with Gasteiger partial charge in [-0.25, -0.2) is 0 Å². The van der Waals surface area contributed by atoms with Crippen LogP contribution in [0.25, 0.3) is 71.4 Å². The van der Waals surface area contributed by atoms with Crippen molar-refractivity contribution in [3.05, 3.63) is 163 Å². The third kappa shape index (κ3) is 6.23. The summed E-state index contributed by atoms with van der Waals surface area (Å²) in [6.45, 7) is 0. The van der Waals surface area contributed by atoms with E-state index in [4.69, 9.17) is 4.99 Å². The zero-order valence-corrected chi connectivity index (χ0v) is 29.2. The van der Waals surface area contributed by atoms with Crippen LogP contribution in [0.15, 0.2) is 157 Å². The van der Waals surface area contributed by atoms with Crippen molar-refractivity contribution in [2.24, 2.45) is 4.99 Å². The van der Waals surface area contributed by atoms with Gasteiger partial charge in [-0.05, 0) is 128 Å². The van der Waals surface area contributed by atoms with Gasteiger partial charge in [-0.15, -0.1) is 0 Å². The summed E-state index contributed by atoms with van der Waals surface area (Å²) in [6, 6.07) is 50.0. The highest BCUT2D eigenvalue weighted by Gasteiger charge is 2.16. The average Bonchev–Trinajstić information content (AvgIpc) is 3.35. The monoisotopic (exact) mass is 657 g/mol. The van der Waals surface area contributed by atoms with Crippen LogP contribution in [-0.2, 0) is 0 Å². The van der Waals surface area contributed by atoms with Crippen molar-refractivity contribution in [3.63, 3.8) is 0 Å². The molecule has 1 aliphatic heterocycles. The molecular formula is C50H43N. The maximum atomic E-state index is 4.85. The van der Waals surface area contributed by atoms with E-state index >= 15 is 0 Å². The van der Waals surface area contributed by atoms with E-state index in [2.05, 4.69) is 158 Å². The van der Waals surface area contributed by atoms with E-state index in [1.54, 1.807) is 0 Å². The fraction of sp³-hybridized carbons (Fsp3) is 0.180. The summed E-state index contributed by atoms with van der Waals surface area (Å²) >= 11 is 0. The molecule has 51 heavy (non-hydrogen) atoms. The molecule has 0 bridgehead atoms. The minimum atomic E-state index is 0.431. The molecule has 1 heteroatoms. The van der Waals surface area contributed by atoms with Crippen molar-refractivity contribution in [3.8, 4) is 33.4 Å². The normalized spacial score (nSPS) is 16.5. The molecule has 7 aromatic rings. The Balaban J connectivity index is 1.15. The number of aliphatic imine (C=N–C) groups is 1. The SMILES string of the molecule is C1=CC(c2cc(C3=CCCC=N3)cc(-c3cccc(-c4ccccc4-c4ccc5c6ccccc6c6ccccc6c5c4)c3)c2)CCCCCC1. The first-order valence-electron chi connectivity index (χ1n) is 18.9. The molecule has 0 N–H and O–H groups in total. The first-order chi connectivity index (χ1) is 25.3. The van der Waals surface area contributed by atoms with Crippen LogP contribution in [0.5, 0.6) is 0 Å². The van der Waals surface area contributed by atoms with Crippen molar-refractivity contribution < 1.29 is 0 Å². The Morgan fingerprint density at radius 3 is 1.80 bits per heavy atom. The lowest BCUT2D eigenvalue weighted by molar-refractivity contribution is 0.605. The summed E-state index contributed by atoms with van der Waals surface area (Å²) in [4.78, 5) is 4.85. The molecule has 0 saturated carbocycles. The predicted octanol–water partition coefficient (Wildman–Crippen LogP) is 14.3. The number of fused-ring (bicyclic) bond motifs is 6. The molecule has 0 radical (unpaired) electrons. The first-order valence-corrected chi connectivity index (χ1v) is 18.9. The molecule has 1 heterocycles. The average molecular weight is 658 g/mol. The Kier molecular flexibility index (Phi) is 8.63. The van der Waals surface area contributed by atoms with Gasteiger partial charge in [-0.2, -0.15) is 0 Å². The summed E-state index contributed by atoms with van der Waals surface area (Å²) in [6.07, 6.45) is 19.0. The quantitative estimate of drug-likeness (QED) is 0.129. The maximum absolute atomic E-state index is 4.85. The molecule has 1 atom stereocenters. The molecule has 0 amide bonds. The highest BCUT2D eigenvalue weighted by atomic mass is 14.7. The zero-order valence-electron chi connectivity index (χ0n) is 29.2. The smallest absolute Gasteiger partial charge is 0.0658 e. The lowest BCUT2D eigenvalue weighted by Crippen LogP contribution is -1.99. The summed E-state index contributed by atoms with van der Waals surface area (Å²) in [7, 11) is 0. The highest BCUT2D eigenvalue weighted by Crippen LogP contribution is 2.41. The molecule has 7 aromatic carbocycles. The van der Waals surface area contributed by atoms with Crippen LogP contribution in [-0.4, -0.2) is 6.21 Å². The van der Waals surface area contributed by atoms with Crippen LogP contribution < -0.4 is 0 Å². The van der Waals surface area contributed by atoms with Crippen molar-refractivity contribution in [2.75, 3.05) is 0 Å². The van der Waals surface area contributed by atoms with Crippen LogP contribution >= 0.6 is 0 Å². The molecule has 1 nitrogen and oxygen atoms in total. The topological polar surface area (TPSA) is 12.4 Å². The van der Waals surface area contributed by atoms with Gasteiger partial charge in [-0.3, -0.25) is 4.99 Å². The molecule has 0 spiro atoms. The van der Waals surface area contributed by atoms with E-state index in [0.717, 1.165) is 18.5 Å². The molecule has 0 fully saturated rings. The summed E-state index contributed by atoms with van der Waals surface area (Å²) in [5, 5.41) is 7.82. The number of nitrogens with zero attached hydrogens (tertiary/aromatic N) is 1. The van der Waals surface area contributed by atoms with Gasteiger partial charge in [0, 0.05) is 17.7 Å². The lowest BCUT2D eigenvalue weighted by Gasteiger charge is -2.18. The Morgan fingerprint density at radius 2 is 1.06 bits per heavy atom. The maximum Gasteiger partial charge on any atom is 0.0658 e. The molecule has 1 aliphatic carbocycles. The van der Waals surface area contributed by atoms with E-state index in [1.807, 2.05) is 0 Å². The molecule has 9 rings (SSSR count). The van der Waals surface area contributed by atoms with Crippen molar-refractivity contribution in [1.29, 1.82) is 0 Å². The van der Waals surface area contributed by atoms with E-state index < -0.39 is 0 Å². The van der Waals surface area contributed by atoms with Gasteiger partial charge in [-0.1, -0.05) is 147 Å². The fourth-order valence-electron chi connectivity index (χ4n) is 8.43.